The summed E-state index contributed by atoms with van der Waals surface area (Å²) in [5.41, 5.74) is 4.41. The summed E-state index contributed by atoms with van der Waals surface area (Å²) >= 11 is 0. The Hall–Kier alpha value is -1.02. The highest BCUT2D eigenvalue weighted by molar-refractivity contribution is 5.59. The maximum Gasteiger partial charge on any atom is 0.0376 e. The number of fused-ring (bicyclic) bond motifs is 1. The monoisotopic (exact) mass is 258 g/mol. The molecule has 1 aromatic rings. The molecule has 104 valence electrons. The van der Waals surface area contributed by atoms with Crippen LogP contribution in [0.4, 0.5) is 5.69 Å². The van der Waals surface area contributed by atoms with Crippen LogP contribution in [0.3, 0.4) is 0 Å². The molecule has 0 spiro atoms. The first-order valence-electron chi connectivity index (χ1n) is 7.73. The molecule has 1 N–H and O–H groups in total. The van der Waals surface area contributed by atoms with Crippen molar-refractivity contribution in [1.29, 1.82) is 0 Å². The van der Waals surface area contributed by atoms with Gasteiger partial charge in [-0.3, -0.25) is 0 Å². The average Bonchev–Trinajstić information content (AvgIpc) is 2.97. The zero-order chi connectivity index (χ0) is 13.4. The van der Waals surface area contributed by atoms with Crippen molar-refractivity contribution in [2.24, 2.45) is 0 Å². The Morgan fingerprint density at radius 2 is 2.21 bits per heavy atom. The van der Waals surface area contributed by atoms with Gasteiger partial charge in [0.05, 0.1) is 0 Å². The Labute approximate surface area is 117 Å². The number of hydrogen-bond acceptors (Lipinski definition) is 2. The molecule has 0 saturated carbocycles. The fourth-order valence-corrected chi connectivity index (χ4v) is 3.60. The van der Waals surface area contributed by atoms with Crippen molar-refractivity contribution in [2.75, 3.05) is 25.5 Å². The molecule has 2 heteroatoms. The van der Waals surface area contributed by atoms with Gasteiger partial charge in [0.15, 0.2) is 0 Å². The van der Waals surface area contributed by atoms with Crippen LogP contribution in [0.25, 0.3) is 0 Å². The molecule has 2 atom stereocenters. The van der Waals surface area contributed by atoms with Gasteiger partial charge in [0, 0.05) is 24.2 Å². The van der Waals surface area contributed by atoms with Gasteiger partial charge in [-0.2, -0.15) is 0 Å². The Balaban J connectivity index is 1.78. The fourth-order valence-electron chi connectivity index (χ4n) is 3.60. The minimum atomic E-state index is 0.626. The van der Waals surface area contributed by atoms with Crippen LogP contribution in [0.5, 0.6) is 0 Å². The van der Waals surface area contributed by atoms with Gasteiger partial charge in [0.25, 0.3) is 0 Å². The second-order valence-corrected chi connectivity index (χ2v) is 6.59. The lowest BCUT2D eigenvalue weighted by Gasteiger charge is -2.23. The van der Waals surface area contributed by atoms with Crippen molar-refractivity contribution < 1.29 is 0 Å². The predicted octanol–water partition coefficient (Wildman–Crippen LogP) is 3.80. The van der Waals surface area contributed by atoms with Crippen LogP contribution in [0.15, 0.2) is 18.2 Å². The van der Waals surface area contributed by atoms with E-state index in [1.54, 1.807) is 5.56 Å². The number of rotatable bonds is 3. The van der Waals surface area contributed by atoms with Gasteiger partial charge in [0.1, 0.15) is 0 Å². The second-order valence-electron chi connectivity index (χ2n) is 6.59. The molecule has 19 heavy (non-hydrogen) atoms. The number of nitrogens with zero attached hydrogens (tertiary/aromatic N) is 1. The molecule has 2 aliphatic heterocycles. The number of hydrogen-bond donors (Lipinski definition) is 1. The molecule has 0 amide bonds. The molecule has 1 fully saturated rings. The first-order chi connectivity index (χ1) is 9.15. The van der Waals surface area contributed by atoms with E-state index in [1.807, 2.05) is 0 Å². The molecule has 1 aromatic carbocycles. The SMILES string of the molecule is CC(C)c1ccc2c(c1)C(C[C@H]1CCCN1C)CN2. The smallest absolute Gasteiger partial charge is 0.0376 e. The lowest BCUT2D eigenvalue weighted by atomic mass is 9.90. The molecule has 0 aliphatic carbocycles. The largest absolute Gasteiger partial charge is 0.384 e. The molecule has 2 nitrogen and oxygen atoms in total. The van der Waals surface area contributed by atoms with Crippen molar-refractivity contribution in [2.45, 2.75) is 51.0 Å². The number of benzene rings is 1. The third-order valence-corrected chi connectivity index (χ3v) is 4.95. The van der Waals surface area contributed by atoms with Crippen molar-refractivity contribution in [3.8, 4) is 0 Å². The molecule has 1 unspecified atom stereocenters. The highest BCUT2D eigenvalue weighted by Gasteiger charge is 2.29. The van der Waals surface area contributed by atoms with Crippen molar-refractivity contribution in [1.82, 2.24) is 4.90 Å². The topological polar surface area (TPSA) is 15.3 Å². The first kappa shape index (κ1) is 13.0. The van der Waals surface area contributed by atoms with E-state index in [0.29, 0.717) is 11.8 Å². The van der Waals surface area contributed by atoms with E-state index in [4.69, 9.17) is 0 Å². The quantitative estimate of drug-likeness (QED) is 0.887. The summed E-state index contributed by atoms with van der Waals surface area (Å²) in [5, 5.41) is 3.59. The standard InChI is InChI=1S/C17H26N2/c1-12(2)13-6-7-17-16(10-13)14(11-18-17)9-15-5-4-8-19(15)3/h6-7,10,12,14-15,18H,4-5,8-9,11H2,1-3H3/t14?,15-/m1/s1. The Bertz CT molecular complexity index is 453. The van der Waals surface area contributed by atoms with E-state index in [-0.39, 0.29) is 0 Å². The highest BCUT2D eigenvalue weighted by atomic mass is 15.1. The molecule has 2 aliphatic rings. The summed E-state index contributed by atoms with van der Waals surface area (Å²) in [4.78, 5) is 2.55. The zero-order valence-corrected chi connectivity index (χ0v) is 12.4. The summed E-state index contributed by atoms with van der Waals surface area (Å²) < 4.78 is 0. The third kappa shape index (κ3) is 2.51. The fraction of sp³-hybridized carbons (Fsp3) is 0.647. The Morgan fingerprint density at radius 3 is 2.89 bits per heavy atom. The van der Waals surface area contributed by atoms with E-state index in [9.17, 15) is 0 Å². The van der Waals surface area contributed by atoms with Crippen molar-refractivity contribution in [3.05, 3.63) is 29.3 Å². The van der Waals surface area contributed by atoms with Gasteiger partial charge in [-0.15, -0.1) is 0 Å². The molecule has 1 saturated heterocycles. The van der Waals surface area contributed by atoms with E-state index < -0.39 is 0 Å². The third-order valence-electron chi connectivity index (χ3n) is 4.95. The van der Waals surface area contributed by atoms with E-state index >= 15 is 0 Å². The minimum absolute atomic E-state index is 0.626. The molecule has 3 rings (SSSR count). The van der Waals surface area contributed by atoms with Crippen LogP contribution < -0.4 is 5.32 Å². The van der Waals surface area contributed by atoms with E-state index in [2.05, 4.69) is 49.3 Å². The highest BCUT2D eigenvalue weighted by Crippen LogP contribution is 2.38. The van der Waals surface area contributed by atoms with Crippen LogP contribution in [-0.4, -0.2) is 31.1 Å². The van der Waals surface area contributed by atoms with Gasteiger partial charge < -0.3 is 10.2 Å². The average molecular weight is 258 g/mol. The van der Waals surface area contributed by atoms with Crippen LogP contribution >= 0.6 is 0 Å². The maximum atomic E-state index is 3.59. The summed E-state index contributed by atoms with van der Waals surface area (Å²) in [6, 6.07) is 7.80. The maximum absolute atomic E-state index is 3.59. The summed E-state index contributed by atoms with van der Waals surface area (Å²) in [5.74, 6) is 1.33. The molecule has 0 bridgehead atoms. The summed E-state index contributed by atoms with van der Waals surface area (Å²) in [6.07, 6.45) is 4.07. The number of anilines is 1. The number of nitrogens with one attached hydrogen (secondary N) is 1. The second kappa shape index (κ2) is 5.16. The Kier molecular flexibility index (Phi) is 3.53. The zero-order valence-electron chi connectivity index (χ0n) is 12.4. The molecule has 0 radical (unpaired) electrons. The minimum Gasteiger partial charge on any atom is -0.384 e. The number of likely N-dealkylation sites (tertiary alicyclic amines) is 1. The van der Waals surface area contributed by atoms with Crippen LogP contribution in [0, 0.1) is 0 Å². The van der Waals surface area contributed by atoms with Crippen LogP contribution in [0.1, 0.15) is 56.1 Å². The summed E-state index contributed by atoms with van der Waals surface area (Å²) in [6.45, 7) is 6.97. The van der Waals surface area contributed by atoms with Gasteiger partial charge >= 0.3 is 0 Å². The molecule has 0 aromatic heterocycles. The lowest BCUT2D eigenvalue weighted by Crippen LogP contribution is -2.27. The lowest BCUT2D eigenvalue weighted by molar-refractivity contribution is 0.285. The normalized spacial score (nSPS) is 26.7. The van der Waals surface area contributed by atoms with Crippen molar-refractivity contribution in [3.63, 3.8) is 0 Å². The van der Waals surface area contributed by atoms with E-state index in [1.165, 1.54) is 37.1 Å². The van der Waals surface area contributed by atoms with Gasteiger partial charge in [0.2, 0.25) is 0 Å². The molecular formula is C17H26N2. The van der Waals surface area contributed by atoms with E-state index in [0.717, 1.165) is 12.6 Å². The predicted molar refractivity (Wildman–Crippen MR) is 82.0 cm³/mol. The first-order valence-corrected chi connectivity index (χ1v) is 7.73. The van der Waals surface area contributed by atoms with Gasteiger partial charge in [-0.05, 0) is 56.0 Å². The molecular weight excluding hydrogens is 232 g/mol. The summed E-state index contributed by atoms with van der Waals surface area (Å²) in [7, 11) is 2.28. The molecule has 2 heterocycles. The van der Waals surface area contributed by atoms with Crippen LogP contribution in [0.2, 0.25) is 0 Å². The van der Waals surface area contributed by atoms with Gasteiger partial charge in [-0.25, -0.2) is 0 Å². The van der Waals surface area contributed by atoms with Crippen molar-refractivity contribution >= 4 is 5.69 Å². The Morgan fingerprint density at radius 1 is 1.37 bits per heavy atom. The van der Waals surface area contributed by atoms with Crippen LogP contribution in [-0.2, 0) is 0 Å². The van der Waals surface area contributed by atoms with Gasteiger partial charge in [-0.1, -0.05) is 26.0 Å².